The van der Waals surface area contributed by atoms with Crippen molar-refractivity contribution in [3.63, 3.8) is 0 Å². The van der Waals surface area contributed by atoms with E-state index in [2.05, 4.69) is 5.16 Å². The van der Waals surface area contributed by atoms with Crippen LogP contribution in [0.2, 0.25) is 0 Å². The zero-order chi connectivity index (χ0) is 14.5. The third-order valence-corrected chi connectivity index (χ3v) is 3.46. The van der Waals surface area contributed by atoms with E-state index in [0.717, 1.165) is 18.4 Å². The molecule has 0 bridgehead atoms. The number of hydrogen-bond acceptors (Lipinski definition) is 4. The fraction of sp³-hybridized carbons (Fsp3) is 0.429. The minimum atomic E-state index is -0.407. The molecule has 108 valence electrons. The number of aliphatic hydroxyl groups is 1. The smallest absolute Gasteiger partial charge is 0.227 e. The summed E-state index contributed by atoms with van der Waals surface area (Å²) in [4.78, 5) is 13.8. The Morgan fingerprint density at radius 2 is 2.10 bits per heavy atom. The lowest BCUT2D eigenvalue weighted by atomic mass is 10.1. The van der Waals surface area contributed by atoms with Gasteiger partial charge in [0.05, 0.1) is 12.5 Å². The Bertz CT molecular complexity index is 499. The van der Waals surface area contributed by atoms with E-state index >= 15 is 0 Å². The van der Waals surface area contributed by atoms with Gasteiger partial charge in [0, 0.05) is 18.7 Å². The first-order chi connectivity index (χ1) is 9.60. The highest BCUT2D eigenvalue weighted by Gasteiger charge is 2.21. The van der Waals surface area contributed by atoms with Crippen LogP contribution >= 0.6 is 0 Å². The highest BCUT2D eigenvalue weighted by atomic mass is 16.4. The molecule has 20 heavy (non-hydrogen) atoms. The highest BCUT2D eigenvalue weighted by molar-refractivity contribution is 5.97. The Labute approximate surface area is 117 Å². The second kappa shape index (κ2) is 6.38. The summed E-state index contributed by atoms with van der Waals surface area (Å²) in [6.07, 6.45) is 1.49. The average Bonchev–Trinajstić information content (AvgIpc) is 2.47. The molecule has 1 fully saturated rings. The fourth-order valence-corrected chi connectivity index (χ4v) is 2.32. The van der Waals surface area contributed by atoms with Gasteiger partial charge in [0.2, 0.25) is 5.91 Å². The van der Waals surface area contributed by atoms with Gasteiger partial charge in [-0.15, -0.1) is 0 Å². The number of aliphatic hydroxyl groups excluding tert-OH is 1. The first-order valence-corrected chi connectivity index (χ1v) is 6.63. The average molecular weight is 277 g/mol. The van der Waals surface area contributed by atoms with Crippen molar-refractivity contribution < 1.29 is 15.1 Å². The molecular formula is C14H19N3O3. The van der Waals surface area contributed by atoms with Crippen molar-refractivity contribution >= 4 is 11.7 Å². The van der Waals surface area contributed by atoms with Gasteiger partial charge in [-0.05, 0) is 18.4 Å². The van der Waals surface area contributed by atoms with Gasteiger partial charge in [0.1, 0.15) is 0 Å². The van der Waals surface area contributed by atoms with Gasteiger partial charge in [-0.3, -0.25) is 4.79 Å². The summed E-state index contributed by atoms with van der Waals surface area (Å²) in [5, 5.41) is 21.1. The van der Waals surface area contributed by atoms with E-state index < -0.39 is 6.10 Å². The van der Waals surface area contributed by atoms with Crippen LogP contribution in [0.4, 0.5) is 0 Å². The van der Waals surface area contributed by atoms with E-state index in [-0.39, 0.29) is 11.7 Å². The standard InChI is InChI=1S/C14H19N3O3/c15-14(16-20)11-5-3-10(4-6-11)8-13(19)17-7-1-2-12(18)9-17/h3-6,12,18,20H,1-2,7-9H2,(H2,15,16). The molecule has 1 aliphatic rings. The van der Waals surface area contributed by atoms with Crippen molar-refractivity contribution in [1.82, 2.24) is 4.90 Å². The number of amidine groups is 1. The van der Waals surface area contributed by atoms with Crippen LogP contribution in [0.25, 0.3) is 0 Å². The number of piperidine rings is 1. The molecule has 0 aromatic heterocycles. The zero-order valence-corrected chi connectivity index (χ0v) is 11.2. The second-order valence-electron chi connectivity index (χ2n) is 4.99. The number of carbonyl (C=O) groups is 1. The van der Waals surface area contributed by atoms with Crippen LogP contribution in [0.1, 0.15) is 24.0 Å². The molecule has 1 atom stereocenters. The summed E-state index contributed by atoms with van der Waals surface area (Å²) < 4.78 is 0. The molecule has 0 aliphatic carbocycles. The van der Waals surface area contributed by atoms with Crippen LogP contribution in [0, 0.1) is 0 Å². The third-order valence-electron chi connectivity index (χ3n) is 3.46. The van der Waals surface area contributed by atoms with Crippen molar-refractivity contribution in [3.8, 4) is 0 Å². The number of β-amino-alcohol motifs (C(OH)–C–C–N with tert-alkyl or cyclic N) is 1. The lowest BCUT2D eigenvalue weighted by Gasteiger charge is -2.30. The van der Waals surface area contributed by atoms with Gasteiger partial charge in [-0.2, -0.15) is 0 Å². The molecule has 0 radical (unpaired) electrons. The lowest BCUT2D eigenvalue weighted by Crippen LogP contribution is -2.42. The van der Waals surface area contributed by atoms with E-state index in [1.807, 2.05) is 0 Å². The minimum Gasteiger partial charge on any atom is -0.409 e. The topological polar surface area (TPSA) is 99.2 Å². The second-order valence-corrected chi connectivity index (χ2v) is 4.99. The quantitative estimate of drug-likeness (QED) is 0.320. The number of hydrogen-bond donors (Lipinski definition) is 3. The number of amides is 1. The Balaban J connectivity index is 1.97. The molecule has 4 N–H and O–H groups in total. The van der Waals surface area contributed by atoms with Crippen molar-refractivity contribution in [2.75, 3.05) is 13.1 Å². The van der Waals surface area contributed by atoms with Crippen molar-refractivity contribution in [1.29, 1.82) is 0 Å². The number of rotatable bonds is 3. The van der Waals surface area contributed by atoms with E-state index in [4.69, 9.17) is 10.9 Å². The van der Waals surface area contributed by atoms with Crippen LogP contribution < -0.4 is 5.73 Å². The summed E-state index contributed by atoms with van der Waals surface area (Å²) in [5.41, 5.74) is 6.95. The summed E-state index contributed by atoms with van der Waals surface area (Å²) in [5.74, 6) is 0.0577. The van der Waals surface area contributed by atoms with Crippen LogP contribution in [0.5, 0.6) is 0 Å². The first-order valence-electron chi connectivity index (χ1n) is 6.63. The Morgan fingerprint density at radius 3 is 2.70 bits per heavy atom. The molecule has 1 unspecified atom stereocenters. The molecule has 1 amide bonds. The predicted molar refractivity (Wildman–Crippen MR) is 74.5 cm³/mol. The van der Waals surface area contributed by atoms with E-state index in [9.17, 15) is 9.90 Å². The normalized spacial score (nSPS) is 19.9. The number of likely N-dealkylation sites (tertiary alicyclic amines) is 1. The summed E-state index contributed by atoms with van der Waals surface area (Å²) >= 11 is 0. The number of nitrogens with zero attached hydrogens (tertiary/aromatic N) is 2. The van der Waals surface area contributed by atoms with E-state index in [1.165, 1.54) is 0 Å². The van der Waals surface area contributed by atoms with Crippen LogP contribution in [0.3, 0.4) is 0 Å². The molecule has 2 rings (SSSR count). The molecule has 6 nitrogen and oxygen atoms in total. The Kier molecular flexibility index (Phi) is 4.57. The molecule has 6 heteroatoms. The zero-order valence-electron chi connectivity index (χ0n) is 11.2. The largest absolute Gasteiger partial charge is 0.409 e. The fourth-order valence-electron chi connectivity index (χ4n) is 2.32. The Hall–Kier alpha value is -2.08. The number of nitrogens with two attached hydrogens (primary N) is 1. The maximum atomic E-state index is 12.1. The summed E-state index contributed by atoms with van der Waals surface area (Å²) in [6, 6.07) is 6.99. The van der Waals surface area contributed by atoms with Gasteiger partial charge in [0.25, 0.3) is 0 Å². The maximum Gasteiger partial charge on any atom is 0.227 e. The predicted octanol–water partition coefficient (Wildman–Crippen LogP) is 0.307. The van der Waals surface area contributed by atoms with Gasteiger partial charge in [-0.1, -0.05) is 29.4 Å². The van der Waals surface area contributed by atoms with Gasteiger partial charge < -0.3 is 20.9 Å². The monoisotopic (exact) mass is 277 g/mol. The highest BCUT2D eigenvalue weighted by Crippen LogP contribution is 2.12. The summed E-state index contributed by atoms with van der Waals surface area (Å²) in [7, 11) is 0. The molecule has 1 aromatic carbocycles. The molecule has 1 saturated heterocycles. The first kappa shape index (κ1) is 14.3. The maximum absolute atomic E-state index is 12.1. The van der Waals surface area contributed by atoms with Crippen molar-refractivity contribution in [2.24, 2.45) is 10.9 Å². The van der Waals surface area contributed by atoms with Crippen molar-refractivity contribution in [3.05, 3.63) is 35.4 Å². The van der Waals surface area contributed by atoms with Crippen LogP contribution in [-0.4, -0.2) is 46.1 Å². The SMILES string of the molecule is NC(=NO)c1ccc(CC(=O)N2CCCC(O)C2)cc1. The minimum absolute atomic E-state index is 0.0142. The van der Waals surface area contributed by atoms with E-state index in [1.54, 1.807) is 29.2 Å². The molecule has 0 saturated carbocycles. The van der Waals surface area contributed by atoms with Gasteiger partial charge in [0.15, 0.2) is 5.84 Å². The van der Waals surface area contributed by atoms with Gasteiger partial charge >= 0.3 is 0 Å². The van der Waals surface area contributed by atoms with Crippen molar-refractivity contribution in [2.45, 2.75) is 25.4 Å². The summed E-state index contributed by atoms with van der Waals surface area (Å²) in [6.45, 7) is 1.12. The molecule has 1 aliphatic heterocycles. The molecule has 0 spiro atoms. The Morgan fingerprint density at radius 1 is 1.40 bits per heavy atom. The molecule has 1 heterocycles. The van der Waals surface area contributed by atoms with E-state index in [0.29, 0.717) is 25.1 Å². The molecule has 1 aromatic rings. The number of oxime groups is 1. The lowest BCUT2D eigenvalue weighted by molar-refractivity contribution is -0.133. The molecular weight excluding hydrogens is 258 g/mol. The van der Waals surface area contributed by atoms with Crippen LogP contribution in [-0.2, 0) is 11.2 Å². The third kappa shape index (κ3) is 3.48. The number of carbonyl (C=O) groups excluding carboxylic acids is 1. The number of benzene rings is 1. The van der Waals surface area contributed by atoms with Gasteiger partial charge in [-0.25, -0.2) is 0 Å². The van der Waals surface area contributed by atoms with Crippen LogP contribution in [0.15, 0.2) is 29.4 Å².